The van der Waals surface area contributed by atoms with Gasteiger partial charge in [0, 0.05) is 18.5 Å². The summed E-state index contributed by atoms with van der Waals surface area (Å²) in [5.74, 6) is 1.14. The van der Waals surface area contributed by atoms with Crippen molar-refractivity contribution in [3.63, 3.8) is 0 Å². The number of nitrogens with zero attached hydrogens (tertiary/aromatic N) is 1. The molecule has 1 saturated heterocycles. The zero-order valence-corrected chi connectivity index (χ0v) is 12.2. The van der Waals surface area contributed by atoms with Crippen molar-refractivity contribution in [2.75, 3.05) is 19.6 Å². The second-order valence-electron chi connectivity index (χ2n) is 6.45. The van der Waals surface area contributed by atoms with E-state index >= 15 is 0 Å². The summed E-state index contributed by atoms with van der Waals surface area (Å²) in [4.78, 5) is 2.53. The van der Waals surface area contributed by atoms with Gasteiger partial charge in [-0.15, -0.1) is 6.58 Å². The number of hydrogen-bond donors (Lipinski definition) is 1. The Hall–Kier alpha value is -1.28. The predicted octanol–water partition coefficient (Wildman–Crippen LogP) is 3.71. The van der Waals surface area contributed by atoms with Crippen molar-refractivity contribution in [1.29, 1.82) is 0 Å². The lowest BCUT2D eigenvalue weighted by Gasteiger charge is -2.51. The summed E-state index contributed by atoms with van der Waals surface area (Å²) in [6.45, 7) is 7.21. The van der Waals surface area contributed by atoms with Gasteiger partial charge in [-0.25, -0.2) is 0 Å². The number of fused-ring (bicyclic) bond motifs is 1. The molecule has 1 aromatic carbocycles. The van der Waals surface area contributed by atoms with Gasteiger partial charge in [-0.1, -0.05) is 31.1 Å². The van der Waals surface area contributed by atoms with E-state index in [4.69, 9.17) is 0 Å². The number of rotatable bonds is 3. The summed E-state index contributed by atoms with van der Waals surface area (Å²) in [6, 6.07) is 8.01. The van der Waals surface area contributed by atoms with Crippen LogP contribution < -0.4 is 0 Å². The van der Waals surface area contributed by atoms with Crippen LogP contribution in [-0.2, 0) is 5.41 Å². The molecule has 2 aliphatic rings. The van der Waals surface area contributed by atoms with Crippen molar-refractivity contribution in [3.8, 4) is 5.75 Å². The first kappa shape index (κ1) is 13.7. The van der Waals surface area contributed by atoms with E-state index in [1.54, 1.807) is 6.07 Å². The van der Waals surface area contributed by atoms with Gasteiger partial charge in [0.15, 0.2) is 0 Å². The highest BCUT2D eigenvalue weighted by molar-refractivity contribution is 5.35. The highest BCUT2D eigenvalue weighted by Gasteiger charge is 2.45. The average molecular weight is 271 g/mol. The molecule has 108 valence electrons. The third-order valence-electron chi connectivity index (χ3n) is 5.37. The molecule has 2 heteroatoms. The molecule has 2 atom stereocenters. The molecule has 1 saturated carbocycles. The predicted molar refractivity (Wildman–Crippen MR) is 83.0 cm³/mol. The van der Waals surface area contributed by atoms with Crippen LogP contribution >= 0.6 is 0 Å². The molecule has 2 fully saturated rings. The Morgan fingerprint density at radius 1 is 1.35 bits per heavy atom. The number of aromatic hydroxyl groups is 1. The van der Waals surface area contributed by atoms with Crippen LogP contribution in [0.15, 0.2) is 36.9 Å². The van der Waals surface area contributed by atoms with Crippen LogP contribution in [0.3, 0.4) is 0 Å². The van der Waals surface area contributed by atoms with E-state index in [0.717, 1.165) is 19.0 Å². The van der Waals surface area contributed by atoms with Crippen LogP contribution in [0.1, 0.15) is 37.7 Å². The topological polar surface area (TPSA) is 23.5 Å². The summed E-state index contributed by atoms with van der Waals surface area (Å²) in [5.41, 5.74) is 1.66. The number of benzene rings is 1. The standard InChI is InChI=1S/C18H25NO/c1-2-11-19-12-10-18(9-4-3-6-16(18)14-19)15-7-5-8-17(20)13-15/h2,5,7-8,13,16,20H,1,3-4,6,9-12,14H2/t16-,18-/m1/s1. The molecule has 1 aliphatic carbocycles. The highest BCUT2D eigenvalue weighted by Crippen LogP contribution is 2.49. The van der Waals surface area contributed by atoms with Crippen LogP contribution in [0.2, 0.25) is 0 Å². The van der Waals surface area contributed by atoms with Gasteiger partial charge in [0.05, 0.1) is 0 Å². The van der Waals surface area contributed by atoms with E-state index in [9.17, 15) is 5.11 Å². The van der Waals surface area contributed by atoms with E-state index in [1.165, 1.54) is 44.2 Å². The zero-order valence-electron chi connectivity index (χ0n) is 12.2. The lowest BCUT2D eigenvalue weighted by atomic mass is 9.59. The number of phenolic OH excluding ortho intramolecular Hbond substituents is 1. The van der Waals surface area contributed by atoms with Crippen LogP contribution in [0, 0.1) is 5.92 Å². The molecule has 1 N–H and O–H groups in total. The molecule has 20 heavy (non-hydrogen) atoms. The maximum Gasteiger partial charge on any atom is 0.115 e. The highest BCUT2D eigenvalue weighted by atomic mass is 16.3. The Kier molecular flexibility index (Phi) is 3.84. The molecule has 0 unspecified atom stereocenters. The Labute approximate surface area is 122 Å². The van der Waals surface area contributed by atoms with Gasteiger partial charge < -0.3 is 5.11 Å². The first-order chi connectivity index (χ1) is 9.74. The van der Waals surface area contributed by atoms with Gasteiger partial charge in [-0.3, -0.25) is 4.90 Å². The molecular weight excluding hydrogens is 246 g/mol. The van der Waals surface area contributed by atoms with E-state index in [-0.39, 0.29) is 0 Å². The number of likely N-dealkylation sites (tertiary alicyclic amines) is 1. The summed E-state index contributed by atoms with van der Waals surface area (Å²) < 4.78 is 0. The molecule has 1 aromatic rings. The average Bonchev–Trinajstić information content (AvgIpc) is 2.47. The van der Waals surface area contributed by atoms with Crippen LogP contribution in [0.4, 0.5) is 0 Å². The molecule has 0 aromatic heterocycles. The summed E-state index contributed by atoms with van der Waals surface area (Å²) in [7, 11) is 0. The van der Waals surface area contributed by atoms with Crippen molar-refractivity contribution in [1.82, 2.24) is 4.90 Å². The third kappa shape index (κ3) is 2.37. The molecule has 0 radical (unpaired) electrons. The van der Waals surface area contributed by atoms with Gasteiger partial charge in [0.1, 0.15) is 5.75 Å². The van der Waals surface area contributed by atoms with E-state index in [2.05, 4.69) is 17.5 Å². The summed E-state index contributed by atoms with van der Waals surface area (Å²) in [6.07, 6.45) is 8.52. The molecule has 1 heterocycles. The Morgan fingerprint density at radius 2 is 2.25 bits per heavy atom. The SMILES string of the molecule is C=CCN1CC[C@@]2(c3cccc(O)c3)CCCC[C@@H]2C1. The molecule has 1 aliphatic heterocycles. The summed E-state index contributed by atoms with van der Waals surface area (Å²) in [5, 5.41) is 9.84. The fraction of sp³-hybridized carbons (Fsp3) is 0.556. The van der Waals surface area contributed by atoms with Crippen LogP contribution in [-0.4, -0.2) is 29.6 Å². The smallest absolute Gasteiger partial charge is 0.115 e. The number of piperidine rings is 1. The quantitative estimate of drug-likeness (QED) is 0.847. The van der Waals surface area contributed by atoms with Crippen molar-refractivity contribution in [3.05, 3.63) is 42.5 Å². The van der Waals surface area contributed by atoms with Crippen LogP contribution in [0.25, 0.3) is 0 Å². The number of phenols is 1. The third-order valence-corrected chi connectivity index (χ3v) is 5.37. The van der Waals surface area contributed by atoms with E-state index in [1.807, 2.05) is 18.2 Å². The summed E-state index contributed by atoms with van der Waals surface area (Å²) >= 11 is 0. The molecule has 2 nitrogen and oxygen atoms in total. The molecule has 3 rings (SSSR count). The fourth-order valence-corrected chi connectivity index (χ4v) is 4.36. The molecule has 0 spiro atoms. The molecule has 0 amide bonds. The molecule has 0 bridgehead atoms. The normalized spacial score (nSPS) is 30.7. The van der Waals surface area contributed by atoms with Gasteiger partial charge in [0.25, 0.3) is 0 Å². The minimum absolute atomic E-state index is 0.300. The van der Waals surface area contributed by atoms with Crippen molar-refractivity contribution >= 4 is 0 Å². The van der Waals surface area contributed by atoms with Gasteiger partial charge in [0.2, 0.25) is 0 Å². The lowest BCUT2D eigenvalue weighted by molar-refractivity contribution is 0.0627. The monoisotopic (exact) mass is 271 g/mol. The fourth-order valence-electron chi connectivity index (χ4n) is 4.36. The Balaban J connectivity index is 1.90. The van der Waals surface area contributed by atoms with Crippen molar-refractivity contribution < 1.29 is 5.11 Å². The number of hydrogen-bond acceptors (Lipinski definition) is 2. The van der Waals surface area contributed by atoms with Gasteiger partial charge in [-0.05, 0) is 49.4 Å². The zero-order chi connectivity index (χ0) is 14.0. The van der Waals surface area contributed by atoms with E-state index < -0.39 is 0 Å². The lowest BCUT2D eigenvalue weighted by Crippen LogP contribution is -2.51. The van der Waals surface area contributed by atoms with Gasteiger partial charge >= 0.3 is 0 Å². The Morgan fingerprint density at radius 3 is 3.05 bits per heavy atom. The van der Waals surface area contributed by atoms with E-state index in [0.29, 0.717) is 11.2 Å². The second kappa shape index (κ2) is 5.61. The maximum atomic E-state index is 9.84. The van der Waals surface area contributed by atoms with Crippen molar-refractivity contribution in [2.45, 2.75) is 37.5 Å². The first-order valence-electron chi connectivity index (χ1n) is 7.87. The minimum atomic E-state index is 0.300. The second-order valence-corrected chi connectivity index (χ2v) is 6.45. The molecular formula is C18H25NO. The van der Waals surface area contributed by atoms with Crippen molar-refractivity contribution in [2.24, 2.45) is 5.92 Å². The minimum Gasteiger partial charge on any atom is -0.508 e. The largest absolute Gasteiger partial charge is 0.508 e. The first-order valence-corrected chi connectivity index (χ1v) is 7.87. The Bertz CT molecular complexity index is 484. The van der Waals surface area contributed by atoms with Crippen LogP contribution in [0.5, 0.6) is 5.75 Å². The van der Waals surface area contributed by atoms with Gasteiger partial charge in [-0.2, -0.15) is 0 Å². The maximum absolute atomic E-state index is 9.84.